The highest BCUT2D eigenvalue weighted by Crippen LogP contribution is 2.40. The van der Waals surface area contributed by atoms with Crippen molar-refractivity contribution >= 4 is 17.5 Å². The minimum absolute atomic E-state index is 0.0192. The monoisotopic (exact) mass is 291 g/mol. The SMILES string of the molecule is CN1N=C(C(=O)N[C@@H]2CC[C@@H]3CCCC[C@@H]3C2)CCC1=O. The zero-order chi connectivity index (χ0) is 14.8. The molecule has 0 aromatic carbocycles. The lowest BCUT2D eigenvalue weighted by Crippen LogP contribution is -2.45. The van der Waals surface area contributed by atoms with Gasteiger partial charge in [0.15, 0.2) is 0 Å². The molecule has 2 aliphatic carbocycles. The molecule has 0 aromatic rings. The number of hydrogen-bond donors (Lipinski definition) is 1. The van der Waals surface area contributed by atoms with Crippen LogP contribution in [0.25, 0.3) is 0 Å². The maximum atomic E-state index is 12.3. The second kappa shape index (κ2) is 6.16. The summed E-state index contributed by atoms with van der Waals surface area (Å²) < 4.78 is 0. The molecule has 5 nitrogen and oxygen atoms in total. The first kappa shape index (κ1) is 14.5. The van der Waals surface area contributed by atoms with Gasteiger partial charge in [-0.3, -0.25) is 9.59 Å². The van der Waals surface area contributed by atoms with Gasteiger partial charge in [-0.05, 0) is 31.1 Å². The van der Waals surface area contributed by atoms with E-state index in [0.717, 1.165) is 24.7 Å². The molecule has 2 fully saturated rings. The van der Waals surface area contributed by atoms with E-state index in [9.17, 15) is 9.59 Å². The van der Waals surface area contributed by atoms with Crippen molar-refractivity contribution < 1.29 is 9.59 Å². The summed E-state index contributed by atoms with van der Waals surface area (Å²) in [5.74, 6) is 1.60. The molecule has 0 saturated heterocycles. The lowest BCUT2D eigenvalue weighted by atomic mass is 9.69. The molecule has 3 atom stereocenters. The fourth-order valence-electron chi connectivity index (χ4n) is 4.11. The molecular formula is C16H25N3O2. The highest BCUT2D eigenvalue weighted by Gasteiger charge is 2.33. The van der Waals surface area contributed by atoms with Gasteiger partial charge in [0.2, 0.25) is 5.91 Å². The van der Waals surface area contributed by atoms with Gasteiger partial charge in [0.05, 0.1) is 0 Å². The topological polar surface area (TPSA) is 61.8 Å². The van der Waals surface area contributed by atoms with E-state index < -0.39 is 0 Å². The van der Waals surface area contributed by atoms with Crippen molar-refractivity contribution in [2.45, 2.75) is 63.8 Å². The Kier molecular flexibility index (Phi) is 4.27. The number of rotatable bonds is 2. The third kappa shape index (κ3) is 3.27. The molecule has 2 saturated carbocycles. The number of carbonyl (C=O) groups excluding carboxylic acids is 2. The van der Waals surface area contributed by atoms with E-state index in [1.807, 2.05) is 0 Å². The van der Waals surface area contributed by atoms with E-state index in [1.165, 1.54) is 37.1 Å². The van der Waals surface area contributed by atoms with Crippen LogP contribution in [0, 0.1) is 11.8 Å². The Morgan fingerprint density at radius 2 is 1.90 bits per heavy atom. The summed E-state index contributed by atoms with van der Waals surface area (Å²) >= 11 is 0. The van der Waals surface area contributed by atoms with E-state index >= 15 is 0 Å². The average Bonchev–Trinajstić information content (AvgIpc) is 2.50. The fourth-order valence-corrected chi connectivity index (χ4v) is 4.11. The van der Waals surface area contributed by atoms with Gasteiger partial charge in [-0.2, -0.15) is 5.10 Å². The second-order valence-corrected chi connectivity index (χ2v) is 6.75. The van der Waals surface area contributed by atoms with Crippen molar-refractivity contribution in [2.75, 3.05) is 7.05 Å². The van der Waals surface area contributed by atoms with E-state index in [-0.39, 0.29) is 11.8 Å². The molecule has 2 amide bonds. The molecule has 0 radical (unpaired) electrons. The molecule has 3 rings (SSSR count). The Balaban J connectivity index is 1.55. The normalized spacial score (nSPS) is 33.2. The molecule has 1 aliphatic heterocycles. The van der Waals surface area contributed by atoms with Crippen LogP contribution in [0.2, 0.25) is 0 Å². The van der Waals surface area contributed by atoms with E-state index in [0.29, 0.717) is 24.6 Å². The standard InChI is InChI=1S/C16H25N3O2/c1-19-15(20)9-8-14(18-19)16(21)17-13-7-6-11-4-2-3-5-12(11)10-13/h11-13H,2-10H2,1H3,(H,17,21)/t11-,12+,13+/m0/s1. The number of nitrogens with one attached hydrogen (secondary N) is 1. The minimum Gasteiger partial charge on any atom is -0.348 e. The summed E-state index contributed by atoms with van der Waals surface area (Å²) in [6.45, 7) is 0. The third-order valence-electron chi connectivity index (χ3n) is 5.34. The van der Waals surface area contributed by atoms with E-state index in [4.69, 9.17) is 0 Å². The average molecular weight is 291 g/mol. The smallest absolute Gasteiger partial charge is 0.267 e. The molecule has 1 heterocycles. The number of hydrazone groups is 1. The van der Waals surface area contributed by atoms with Gasteiger partial charge in [0, 0.05) is 25.9 Å². The van der Waals surface area contributed by atoms with E-state index in [1.54, 1.807) is 7.05 Å². The first-order valence-corrected chi connectivity index (χ1v) is 8.28. The fraction of sp³-hybridized carbons (Fsp3) is 0.812. The second-order valence-electron chi connectivity index (χ2n) is 6.75. The lowest BCUT2D eigenvalue weighted by molar-refractivity contribution is -0.130. The minimum atomic E-state index is -0.0754. The van der Waals surface area contributed by atoms with Crippen LogP contribution in [0.3, 0.4) is 0 Å². The van der Waals surface area contributed by atoms with Crippen LogP contribution < -0.4 is 5.32 Å². The Hall–Kier alpha value is -1.39. The van der Waals surface area contributed by atoms with Crippen molar-refractivity contribution in [3.63, 3.8) is 0 Å². The van der Waals surface area contributed by atoms with Gasteiger partial charge < -0.3 is 5.32 Å². The maximum absolute atomic E-state index is 12.3. The molecule has 116 valence electrons. The Morgan fingerprint density at radius 1 is 1.14 bits per heavy atom. The van der Waals surface area contributed by atoms with Gasteiger partial charge >= 0.3 is 0 Å². The van der Waals surface area contributed by atoms with Crippen LogP contribution in [-0.4, -0.2) is 35.6 Å². The molecule has 3 aliphatic rings. The van der Waals surface area contributed by atoms with Gasteiger partial charge in [-0.25, -0.2) is 5.01 Å². The predicted octanol–water partition coefficient (Wildman–Crippen LogP) is 2.07. The zero-order valence-corrected chi connectivity index (χ0v) is 12.8. The molecular weight excluding hydrogens is 266 g/mol. The van der Waals surface area contributed by atoms with Gasteiger partial charge in [0.1, 0.15) is 5.71 Å². The van der Waals surface area contributed by atoms with Crippen molar-refractivity contribution in [1.29, 1.82) is 0 Å². The third-order valence-corrected chi connectivity index (χ3v) is 5.34. The molecule has 1 N–H and O–H groups in total. The number of amides is 2. The van der Waals surface area contributed by atoms with Crippen LogP contribution >= 0.6 is 0 Å². The summed E-state index contributed by atoms with van der Waals surface area (Å²) in [7, 11) is 1.61. The molecule has 5 heteroatoms. The largest absolute Gasteiger partial charge is 0.348 e. The quantitative estimate of drug-likeness (QED) is 0.846. The zero-order valence-electron chi connectivity index (χ0n) is 12.8. The molecule has 0 unspecified atom stereocenters. The number of carbonyl (C=O) groups is 2. The van der Waals surface area contributed by atoms with Crippen LogP contribution in [0.5, 0.6) is 0 Å². The van der Waals surface area contributed by atoms with Crippen molar-refractivity contribution in [2.24, 2.45) is 16.9 Å². The van der Waals surface area contributed by atoms with Crippen molar-refractivity contribution in [3.8, 4) is 0 Å². The Morgan fingerprint density at radius 3 is 2.67 bits per heavy atom. The highest BCUT2D eigenvalue weighted by atomic mass is 16.2. The lowest BCUT2D eigenvalue weighted by Gasteiger charge is -2.39. The molecule has 0 spiro atoms. The van der Waals surface area contributed by atoms with Crippen molar-refractivity contribution in [1.82, 2.24) is 10.3 Å². The van der Waals surface area contributed by atoms with Crippen LogP contribution in [-0.2, 0) is 9.59 Å². The summed E-state index contributed by atoms with van der Waals surface area (Å²) in [5.41, 5.74) is 0.503. The first-order chi connectivity index (χ1) is 10.1. The van der Waals surface area contributed by atoms with E-state index in [2.05, 4.69) is 10.4 Å². The Labute approximate surface area is 126 Å². The number of nitrogens with zero attached hydrogens (tertiary/aromatic N) is 2. The van der Waals surface area contributed by atoms with Crippen LogP contribution in [0.4, 0.5) is 0 Å². The highest BCUT2D eigenvalue weighted by molar-refractivity contribution is 6.39. The summed E-state index contributed by atoms with van der Waals surface area (Å²) in [6.07, 6.45) is 9.76. The van der Waals surface area contributed by atoms with Crippen molar-refractivity contribution in [3.05, 3.63) is 0 Å². The summed E-state index contributed by atoms with van der Waals surface area (Å²) in [5, 5.41) is 8.54. The molecule has 21 heavy (non-hydrogen) atoms. The summed E-state index contributed by atoms with van der Waals surface area (Å²) in [4.78, 5) is 23.7. The maximum Gasteiger partial charge on any atom is 0.267 e. The number of hydrogen-bond acceptors (Lipinski definition) is 3. The molecule has 0 bridgehead atoms. The first-order valence-electron chi connectivity index (χ1n) is 8.28. The Bertz CT molecular complexity index is 460. The van der Waals surface area contributed by atoms with Crippen LogP contribution in [0.1, 0.15) is 57.8 Å². The number of fused-ring (bicyclic) bond motifs is 1. The molecule has 0 aromatic heterocycles. The van der Waals surface area contributed by atoms with Gasteiger partial charge in [-0.15, -0.1) is 0 Å². The van der Waals surface area contributed by atoms with Gasteiger partial charge in [0.25, 0.3) is 5.91 Å². The summed E-state index contributed by atoms with van der Waals surface area (Å²) in [6, 6.07) is 0.294. The predicted molar refractivity (Wildman–Crippen MR) is 80.7 cm³/mol. The van der Waals surface area contributed by atoms with Gasteiger partial charge in [-0.1, -0.05) is 25.7 Å². The van der Waals surface area contributed by atoms with Crippen LogP contribution in [0.15, 0.2) is 5.10 Å².